The third-order valence-electron chi connectivity index (χ3n) is 2.74. The predicted octanol–water partition coefficient (Wildman–Crippen LogP) is 2.85. The summed E-state index contributed by atoms with van der Waals surface area (Å²) in [7, 11) is -5.21. The second kappa shape index (κ2) is 4.08. The van der Waals surface area contributed by atoms with Crippen molar-refractivity contribution in [1.82, 2.24) is 4.23 Å². The van der Waals surface area contributed by atoms with Gasteiger partial charge in [0.2, 0.25) is 0 Å². The van der Waals surface area contributed by atoms with Crippen LogP contribution >= 0.6 is 0 Å². The monoisotopic (exact) mass is 263 g/mol. The van der Waals surface area contributed by atoms with Gasteiger partial charge < -0.3 is 12.5 Å². The van der Waals surface area contributed by atoms with Crippen LogP contribution in [0.25, 0.3) is 0 Å². The van der Waals surface area contributed by atoms with Gasteiger partial charge in [-0.15, -0.1) is 0 Å². The second-order valence-corrected chi connectivity index (χ2v) is 17.4. The van der Waals surface area contributed by atoms with Gasteiger partial charge in [-0.25, -0.2) is 0 Å². The van der Waals surface area contributed by atoms with Gasteiger partial charge in [0.25, 0.3) is 17.0 Å². The summed E-state index contributed by atoms with van der Waals surface area (Å²) in [5.74, 6) is 0. The Kier molecular flexibility index (Phi) is 3.70. The van der Waals surface area contributed by atoms with Crippen molar-refractivity contribution in [1.29, 1.82) is 0 Å². The van der Waals surface area contributed by atoms with E-state index in [2.05, 4.69) is 50.4 Å². The molecule has 90 valence electrons. The van der Waals surface area contributed by atoms with Gasteiger partial charge in [0.1, 0.15) is 0 Å². The van der Waals surface area contributed by atoms with E-state index in [1.165, 1.54) is 6.42 Å². The summed E-state index contributed by atoms with van der Waals surface area (Å²) in [6.45, 7) is 17.0. The lowest BCUT2D eigenvalue weighted by atomic mass is 10.5. The molecule has 1 aliphatic rings. The summed E-state index contributed by atoms with van der Waals surface area (Å²) >= 11 is 0. The summed E-state index contributed by atoms with van der Waals surface area (Å²) in [4.78, 5) is 0. The van der Waals surface area contributed by atoms with Gasteiger partial charge in [0.05, 0.1) is 0 Å². The Morgan fingerprint density at radius 3 is 1.60 bits per heavy atom. The highest BCUT2D eigenvalue weighted by Crippen LogP contribution is 2.33. The second-order valence-electron chi connectivity index (χ2n) is 5.65. The molecule has 1 rings (SSSR count). The molecule has 0 bridgehead atoms. The lowest BCUT2D eigenvalue weighted by molar-refractivity contribution is 0.286. The number of hydrogen-bond acceptors (Lipinski definition) is 3. The average Bonchev–Trinajstić information content (AvgIpc) is 1.92. The van der Waals surface area contributed by atoms with Gasteiger partial charge in [0.15, 0.2) is 0 Å². The van der Waals surface area contributed by atoms with Crippen molar-refractivity contribution in [3.8, 4) is 0 Å². The van der Waals surface area contributed by atoms with E-state index in [1.54, 1.807) is 0 Å². The molecular weight excluding hydrogens is 238 g/mol. The molecular formula is C9H25NO2Si3. The standard InChI is InChI=1S/C9H25NO2Si3/c1-8-9-10-13(2,3)11-15(6,7)12-14(10,4)5/h8-9H2,1-7H3. The summed E-state index contributed by atoms with van der Waals surface area (Å²) in [5.41, 5.74) is 0. The lowest BCUT2D eigenvalue weighted by Gasteiger charge is -2.55. The number of nitrogens with zero attached hydrogens (tertiary/aromatic N) is 1. The Morgan fingerprint density at radius 1 is 0.867 bits per heavy atom. The van der Waals surface area contributed by atoms with Crippen LogP contribution in [0.3, 0.4) is 0 Å². The molecule has 0 aliphatic carbocycles. The van der Waals surface area contributed by atoms with E-state index in [9.17, 15) is 0 Å². The average molecular weight is 264 g/mol. The fourth-order valence-corrected chi connectivity index (χ4v) is 21.3. The van der Waals surface area contributed by atoms with Crippen molar-refractivity contribution >= 4 is 25.5 Å². The molecule has 6 heteroatoms. The van der Waals surface area contributed by atoms with Crippen LogP contribution in [0.15, 0.2) is 0 Å². The summed E-state index contributed by atoms with van der Waals surface area (Å²) in [6, 6.07) is 0. The molecule has 1 saturated heterocycles. The van der Waals surface area contributed by atoms with Gasteiger partial charge in [0, 0.05) is 0 Å². The van der Waals surface area contributed by atoms with E-state index in [4.69, 9.17) is 8.23 Å². The summed E-state index contributed by atoms with van der Waals surface area (Å²) in [5, 5.41) is 0. The van der Waals surface area contributed by atoms with Crippen molar-refractivity contribution in [2.45, 2.75) is 52.6 Å². The minimum Gasteiger partial charge on any atom is -0.425 e. The van der Waals surface area contributed by atoms with Crippen LogP contribution in [0.1, 0.15) is 13.3 Å². The molecule has 1 fully saturated rings. The Balaban J connectivity index is 2.95. The van der Waals surface area contributed by atoms with Crippen LogP contribution in [0.5, 0.6) is 0 Å². The smallest absolute Gasteiger partial charge is 0.312 e. The highest BCUT2D eigenvalue weighted by atomic mass is 28.5. The van der Waals surface area contributed by atoms with Crippen molar-refractivity contribution in [2.24, 2.45) is 0 Å². The fourth-order valence-electron chi connectivity index (χ4n) is 2.74. The minimum absolute atomic E-state index is 1.13. The number of rotatable bonds is 2. The summed E-state index contributed by atoms with van der Waals surface area (Å²) < 4.78 is 15.1. The van der Waals surface area contributed by atoms with Crippen LogP contribution in [-0.2, 0) is 8.23 Å². The molecule has 0 aromatic heterocycles. The quantitative estimate of drug-likeness (QED) is 0.715. The Hall–Kier alpha value is 0.531. The molecule has 0 unspecified atom stereocenters. The van der Waals surface area contributed by atoms with Crippen LogP contribution in [0.2, 0.25) is 39.3 Å². The van der Waals surface area contributed by atoms with E-state index in [0.29, 0.717) is 0 Å². The first-order chi connectivity index (χ1) is 6.61. The van der Waals surface area contributed by atoms with Gasteiger partial charge in [-0.05, 0) is 52.2 Å². The molecule has 0 spiro atoms. The molecule has 0 aromatic rings. The van der Waals surface area contributed by atoms with Crippen molar-refractivity contribution in [3.63, 3.8) is 0 Å². The predicted molar refractivity (Wildman–Crippen MR) is 71.6 cm³/mol. The molecule has 15 heavy (non-hydrogen) atoms. The van der Waals surface area contributed by atoms with Gasteiger partial charge in [-0.3, -0.25) is 0 Å². The minimum atomic E-state index is -1.85. The maximum Gasteiger partial charge on any atom is 0.312 e. The SMILES string of the molecule is CCCN1[Si](C)(C)O[Si](C)(C)O[Si]1(C)C. The zero-order chi connectivity index (χ0) is 11.9. The maximum absolute atomic E-state index is 6.28. The zero-order valence-corrected chi connectivity index (χ0v) is 14.2. The first-order valence-corrected chi connectivity index (χ1v) is 14.3. The number of hydrogen-bond donors (Lipinski definition) is 0. The molecule has 0 amide bonds. The molecule has 1 aliphatic heterocycles. The molecule has 0 atom stereocenters. The normalized spacial score (nSPS) is 29.0. The first-order valence-electron chi connectivity index (χ1n) is 5.79. The topological polar surface area (TPSA) is 21.7 Å². The first kappa shape index (κ1) is 13.6. The molecule has 0 radical (unpaired) electrons. The summed E-state index contributed by atoms with van der Waals surface area (Å²) in [6.07, 6.45) is 1.18. The van der Waals surface area contributed by atoms with E-state index >= 15 is 0 Å². The van der Waals surface area contributed by atoms with Crippen molar-refractivity contribution in [2.75, 3.05) is 6.54 Å². The molecule has 0 saturated carbocycles. The highest BCUT2D eigenvalue weighted by Gasteiger charge is 2.54. The lowest BCUT2D eigenvalue weighted by Crippen LogP contribution is -2.74. The largest absolute Gasteiger partial charge is 0.425 e. The van der Waals surface area contributed by atoms with E-state index in [1.807, 2.05) is 0 Å². The third-order valence-corrected chi connectivity index (χ3v) is 16.9. The van der Waals surface area contributed by atoms with Crippen LogP contribution in [-0.4, -0.2) is 36.3 Å². The zero-order valence-electron chi connectivity index (χ0n) is 11.2. The fraction of sp³-hybridized carbons (Fsp3) is 1.00. The van der Waals surface area contributed by atoms with Crippen LogP contribution < -0.4 is 0 Å². The Morgan fingerprint density at radius 2 is 1.27 bits per heavy atom. The van der Waals surface area contributed by atoms with Gasteiger partial charge >= 0.3 is 8.56 Å². The molecule has 3 nitrogen and oxygen atoms in total. The van der Waals surface area contributed by atoms with Crippen molar-refractivity contribution in [3.05, 3.63) is 0 Å². The Labute approximate surface area is 97.4 Å². The molecule has 0 aromatic carbocycles. The maximum atomic E-state index is 6.28. The highest BCUT2D eigenvalue weighted by molar-refractivity contribution is 6.96. The van der Waals surface area contributed by atoms with Crippen LogP contribution in [0.4, 0.5) is 0 Å². The Bertz CT molecular complexity index is 224. The van der Waals surface area contributed by atoms with Gasteiger partial charge in [-0.2, -0.15) is 0 Å². The third kappa shape index (κ3) is 3.01. The van der Waals surface area contributed by atoms with Crippen LogP contribution in [0, 0.1) is 0 Å². The molecule has 0 N–H and O–H groups in total. The van der Waals surface area contributed by atoms with E-state index in [-0.39, 0.29) is 0 Å². The van der Waals surface area contributed by atoms with Crippen molar-refractivity contribution < 1.29 is 8.23 Å². The van der Waals surface area contributed by atoms with Gasteiger partial charge in [-0.1, -0.05) is 6.92 Å². The molecule has 1 heterocycles. The van der Waals surface area contributed by atoms with E-state index in [0.717, 1.165) is 6.54 Å². The van der Waals surface area contributed by atoms with E-state index < -0.39 is 25.5 Å².